The van der Waals surface area contributed by atoms with E-state index in [4.69, 9.17) is 17.3 Å². The molecule has 1 amide bonds. The van der Waals surface area contributed by atoms with E-state index in [0.717, 1.165) is 29.5 Å². The summed E-state index contributed by atoms with van der Waals surface area (Å²) in [5.41, 5.74) is 8.48. The molecule has 2 N–H and O–H groups in total. The van der Waals surface area contributed by atoms with Crippen molar-refractivity contribution >= 4 is 17.5 Å². The van der Waals surface area contributed by atoms with Crippen molar-refractivity contribution in [3.05, 3.63) is 70.2 Å². The molecular weight excluding hydrogens is 308 g/mol. The molecule has 4 heteroatoms. The Hall–Kier alpha value is -1.84. The maximum Gasteiger partial charge on any atom is 0.254 e. The summed E-state index contributed by atoms with van der Waals surface area (Å²) < 4.78 is 0. The number of benzene rings is 2. The second-order valence-electron chi connectivity index (χ2n) is 6.07. The average molecular weight is 329 g/mol. The first-order valence-corrected chi connectivity index (χ1v) is 8.35. The van der Waals surface area contributed by atoms with Crippen LogP contribution in [-0.2, 0) is 6.54 Å². The van der Waals surface area contributed by atoms with Gasteiger partial charge in [-0.15, -0.1) is 0 Å². The largest absolute Gasteiger partial charge is 0.329 e. The first-order chi connectivity index (χ1) is 11.1. The number of carbonyl (C=O) groups excluding carboxylic acids is 1. The third-order valence-electron chi connectivity index (χ3n) is 4.38. The monoisotopic (exact) mass is 328 g/mol. The van der Waals surface area contributed by atoms with Crippen molar-refractivity contribution in [2.45, 2.75) is 38.4 Å². The minimum Gasteiger partial charge on any atom is -0.329 e. The molecule has 23 heavy (non-hydrogen) atoms. The molecule has 0 aromatic heterocycles. The number of rotatable bonds is 5. The molecule has 0 spiro atoms. The molecule has 1 aliphatic rings. The van der Waals surface area contributed by atoms with Crippen LogP contribution < -0.4 is 5.73 Å². The fourth-order valence-electron chi connectivity index (χ4n) is 2.85. The quantitative estimate of drug-likeness (QED) is 0.895. The van der Waals surface area contributed by atoms with Crippen molar-refractivity contribution in [3.8, 4) is 0 Å². The Labute approximate surface area is 142 Å². The molecule has 0 aliphatic heterocycles. The number of nitrogens with two attached hydrogens (primary N) is 1. The molecular formula is C19H21ClN2O. The Balaban J connectivity index is 1.85. The molecule has 1 aliphatic carbocycles. The highest BCUT2D eigenvalue weighted by molar-refractivity contribution is 6.30. The molecule has 2 aromatic rings. The molecule has 0 radical (unpaired) electrons. The van der Waals surface area contributed by atoms with Gasteiger partial charge in [-0.25, -0.2) is 0 Å². The molecule has 1 unspecified atom stereocenters. The van der Waals surface area contributed by atoms with Gasteiger partial charge in [0.05, 0.1) is 6.04 Å². The van der Waals surface area contributed by atoms with Crippen molar-refractivity contribution in [1.82, 2.24) is 4.90 Å². The Morgan fingerprint density at radius 1 is 1.17 bits per heavy atom. The zero-order chi connectivity index (χ0) is 16.4. The van der Waals surface area contributed by atoms with E-state index in [-0.39, 0.29) is 11.9 Å². The van der Waals surface area contributed by atoms with E-state index in [1.165, 1.54) is 0 Å². The lowest BCUT2D eigenvalue weighted by molar-refractivity contribution is 0.0674. The molecule has 1 atom stereocenters. The minimum absolute atomic E-state index is 0.0291. The van der Waals surface area contributed by atoms with Gasteiger partial charge in [0.25, 0.3) is 5.91 Å². The van der Waals surface area contributed by atoms with Crippen molar-refractivity contribution in [2.75, 3.05) is 0 Å². The van der Waals surface area contributed by atoms with Gasteiger partial charge in [0.2, 0.25) is 0 Å². The van der Waals surface area contributed by atoms with Crippen LogP contribution in [0.3, 0.4) is 0 Å². The highest BCUT2D eigenvalue weighted by Crippen LogP contribution is 2.35. The van der Waals surface area contributed by atoms with Gasteiger partial charge in [-0.2, -0.15) is 0 Å². The molecule has 120 valence electrons. The summed E-state index contributed by atoms with van der Waals surface area (Å²) in [5, 5.41) is 0.711. The fraction of sp³-hybridized carbons (Fsp3) is 0.316. The van der Waals surface area contributed by atoms with E-state index in [0.29, 0.717) is 17.6 Å². The highest BCUT2D eigenvalue weighted by Gasteiger charge is 2.36. The van der Waals surface area contributed by atoms with Gasteiger partial charge < -0.3 is 10.6 Å². The van der Waals surface area contributed by atoms with Crippen molar-refractivity contribution in [3.63, 3.8) is 0 Å². The van der Waals surface area contributed by atoms with Gasteiger partial charge in [0.1, 0.15) is 0 Å². The zero-order valence-corrected chi connectivity index (χ0v) is 14.0. The van der Waals surface area contributed by atoms with Gasteiger partial charge >= 0.3 is 0 Å². The summed E-state index contributed by atoms with van der Waals surface area (Å²) in [6.07, 6.45) is 2.15. The number of carbonyl (C=O) groups is 1. The van der Waals surface area contributed by atoms with Gasteiger partial charge in [0.15, 0.2) is 0 Å². The summed E-state index contributed by atoms with van der Waals surface area (Å²) in [6.45, 7) is 2.57. The van der Waals surface area contributed by atoms with Gasteiger partial charge in [0, 0.05) is 23.2 Å². The van der Waals surface area contributed by atoms with Crippen LogP contribution in [0.4, 0.5) is 0 Å². The number of halogens is 1. The van der Waals surface area contributed by atoms with Crippen LogP contribution in [0.5, 0.6) is 0 Å². The number of hydrogen-bond acceptors (Lipinski definition) is 2. The minimum atomic E-state index is 0.0291. The van der Waals surface area contributed by atoms with E-state index < -0.39 is 0 Å². The predicted octanol–water partition coefficient (Wildman–Crippen LogP) is 4.16. The topological polar surface area (TPSA) is 46.3 Å². The third kappa shape index (κ3) is 3.57. The lowest BCUT2D eigenvalue weighted by Crippen LogP contribution is -2.35. The smallest absolute Gasteiger partial charge is 0.254 e. The Kier molecular flexibility index (Phi) is 4.69. The molecule has 3 nitrogen and oxygen atoms in total. The van der Waals surface area contributed by atoms with E-state index in [1.807, 2.05) is 53.4 Å². The SMILES string of the molecule is CC(c1ccc(Cl)cc1)N(C(=O)c1ccc(CN)cc1)C1CC1. The number of amides is 1. The van der Waals surface area contributed by atoms with Crippen LogP contribution in [0.1, 0.15) is 47.3 Å². The lowest BCUT2D eigenvalue weighted by Gasteiger charge is -2.30. The Morgan fingerprint density at radius 3 is 2.30 bits per heavy atom. The van der Waals surface area contributed by atoms with Gasteiger partial charge in [-0.3, -0.25) is 4.79 Å². The van der Waals surface area contributed by atoms with Crippen molar-refractivity contribution < 1.29 is 4.79 Å². The van der Waals surface area contributed by atoms with Crippen molar-refractivity contribution in [1.29, 1.82) is 0 Å². The Morgan fingerprint density at radius 2 is 1.78 bits per heavy atom. The van der Waals surface area contributed by atoms with E-state index in [1.54, 1.807) is 0 Å². The first-order valence-electron chi connectivity index (χ1n) is 7.97. The second-order valence-corrected chi connectivity index (χ2v) is 6.51. The first kappa shape index (κ1) is 16.0. The standard InChI is InChI=1S/C19H21ClN2O/c1-13(15-6-8-17(20)9-7-15)22(18-10-11-18)19(23)16-4-2-14(12-21)3-5-16/h2-9,13,18H,10-12,21H2,1H3. The second kappa shape index (κ2) is 6.73. The predicted molar refractivity (Wildman–Crippen MR) is 93.4 cm³/mol. The summed E-state index contributed by atoms with van der Waals surface area (Å²) in [4.78, 5) is 15.0. The molecule has 1 saturated carbocycles. The van der Waals surface area contributed by atoms with Crippen LogP contribution in [0.2, 0.25) is 5.02 Å². The van der Waals surface area contributed by atoms with Gasteiger partial charge in [-0.05, 0) is 55.2 Å². The van der Waals surface area contributed by atoms with Gasteiger partial charge in [-0.1, -0.05) is 35.9 Å². The summed E-state index contributed by atoms with van der Waals surface area (Å²) in [7, 11) is 0. The zero-order valence-electron chi connectivity index (χ0n) is 13.2. The highest BCUT2D eigenvalue weighted by atomic mass is 35.5. The van der Waals surface area contributed by atoms with Crippen LogP contribution >= 0.6 is 11.6 Å². The lowest BCUT2D eigenvalue weighted by atomic mass is 10.0. The van der Waals surface area contributed by atoms with Crippen LogP contribution in [0.25, 0.3) is 0 Å². The van der Waals surface area contributed by atoms with Crippen LogP contribution in [0, 0.1) is 0 Å². The van der Waals surface area contributed by atoms with E-state index >= 15 is 0 Å². The average Bonchev–Trinajstić information content (AvgIpc) is 3.40. The summed E-state index contributed by atoms with van der Waals surface area (Å²) >= 11 is 5.97. The Bertz CT molecular complexity index is 678. The summed E-state index contributed by atoms with van der Waals surface area (Å²) in [5.74, 6) is 0.0820. The normalized spacial score (nSPS) is 15.3. The van der Waals surface area contributed by atoms with Crippen LogP contribution in [-0.4, -0.2) is 16.8 Å². The molecule has 3 rings (SSSR count). The third-order valence-corrected chi connectivity index (χ3v) is 4.63. The van der Waals surface area contributed by atoms with E-state index in [9.17, 15) is 4.79 Å². The maximum absolute atomic E-state index is 13.0. The van der Waals surface area contributed by atoms with Crippen LogP contribution in [0.15, 0.2) is 48.5 Å². The molecule has 1 fully saturated rings. The molecule has 0 saturated heterocycles. The number of nitrogens with zero attached hydrogens (tertiary/aromatic N) is 1. The molecule has 0 heterocycles. The summed E-state index contributed by atoms with van der Waals surface area (Å²) in [6, 6.07) is 15.7. The fourth-order valence-corrected chi connectivity index (χ4v) is 2.97. The van der Waals surface area contributed by atoms with Crippen molar-refractivity contribution in [2.24, 2.45) is 5.73 Å². The molecule has 0 bridgehead atoms. The maximum atomic E-state index is 13.0. The molecule has 2 aromatic carbocycles. The number of hydrogen-bond donors (Lipinski definition) is 1. The van der Waals surface area contributed by atoms with E-state index in [2.05, 4.69) is 6.92 Å².